The molecule has 0 aliphatic carbocycles. The number of hydrogen-bond acceptors (Lipinski definition) is 7. The smallest absolute Gasteiger partial charge is 0.341 e. The summed E-state index contributed by atoms with van der Waals surface area (Å²) < 4.78 is 48.0. The van der Waals surface area contributed by atoms with Gasteiger partial charge in [0.15, 0.2) is 0 Å². The van der Waals surface area contributed by atoms with Crippen LogP contribution in [0.2, 0.25) is 0 Å². The van der Waals surface area contributed by atoms with Gasteiger partial charge in [-0.3, -0.25) is 0 Å². The molecule has 148 valence electrons. The molecule has 0 aliphatic rings. The Kier molecular flexibility index (Phi) is 7.00. The van der Waals surface area contributed by atoms with E-state index in [0.29, 0.717) is 36.0 Å². The fourth-order valence-corrected chi connectivity index (χ4v) is 3.46. The Hall–Kier alpha value is -2.36. The van der Waals surface area contributed by atoms with Crippen LogP contribution in [0.15, 0.2) is 33.6 Å². The van der Waals surface area contributed by atoms with Crippen molar-refractivity contribution in [1.29, 1.82) is 0 Å². The molecule has 0 saturated heterocycles. The molecular weight excluding hydrogens is 374 g/mol. The van der Waals surface area contributed by atoms with E-state index in [1.165, 1.54) is 25.3 Å². The molecule has 0 bridgehead atoms. The molecule has 0 radical (unpaired) electrons. The number of nitrogens with one attached hydrogen (secondary N) is 1. The van der Waals surface area contributed by atoms with Gasteiger partial charge >= 0.3 is 5.97 Å². The number of aryl methyl sites for hydroxylation is 2. The monoisotopic (exact) mass is 397 g/mol. The standard InChI is InChI=1S/C18H23NO7S/c1-12-9-15(5-6-17(12)25-8-7-23-3)27(21,22)19-11-14-10-16(13(2)26-14)18(20)24-4/h5-6,9-10,19H,7-8,11H2,1-4H3. The Labute approximate surface area is 158 Å². The molecule has 1 heterocycles. The van der Waals surface area contributed by atoms with Crippen LogP contribution in [0, 0.1) is 13.8 Å². The number of hydrogen-bond donors (Lipinski definition) is 1. The summed E-state index contributed by atoms with van der Waals surface area (Å²) in [7, 11) is -0.917. The fourth-order valence-electron chi connectivity index (χ4n) is 2.38. The van der Waals surface area contributed by atoms with Crippen molar-refractivity contribution in [3.05, 3.63) is 46.9 Å². The summed E-state index contributed by atoms with van der Waals surface area (Å²) in [6, 6.07) is 6.05. The van der Waals surface area contributed by atoms with Crippen molar-refractivity contribution in [2.24, 2.45) is 0 Å². The van der Waals surface area contributed by atoms with Crippen LogP contribution in [0.3, 0.4) is 0 Å². The molecule has 0 atom stereocenters. The van der Waals surface area contributed by atoms with E-state index in [1.807, 2.05) is 0 Å². The summed E-state index contributed by atoms with van der Waals surface area (Å²) in [5.74, 6) is 0.734. The van der Waals surface area contributed by atoms with Gasteiger partial charge in [0.25, 0.3) is 0 Å². The van der Waals surface area contributed by atoms with Crippen LogP contribution in [0.1, 0.15) is 27.4 Å². The van der Waals surface area contributed by atoms with Crippen molar-refractivity contribution in [1.82, 2.24) is 4.72 Å². The van der Waals surface area contributed by atoms with Crippen LogP contribution >= 0.6 is 0 Å². The number of rotatable bonds is 9. The van der Waals surface area contributed by atoms with E-state index in [9.17, 15) is 13.2 Å². The predicted molar refractivity (Wildman–Crippen MR) is 97.4 cm³/mol. The zero-order chi connectivity index (χ0) is 20.0. The summed E-state index contributed by atoms with van der Waals surface area (Å²) >= 11 is 0. The molecule has 0 aliphatic heterocycles. The van der Waals surface area contributed by atoms with Crippen LogP contribution < -0.4 is 9.46 Å². The zero-order valence-electron chi connectivity index (χ0n) is 15.7. The van der Waals surface area contributed by atoms with Gasteiger partial charge in [-0.15, -0.1) is 0 Å². The average molecular weight is 397 g/mol. The third-order valence-electron chi connectivity index (χ3n) is 3.81. The average Bonchev–Trinajstić information content (AvgIpc) is 3.01. The summed E-state index contributed by atoms with van der Waals surface area (Å²) in [5, 5.41) is 0. The Morgan fingerprint density at radius 3 is 2.52 bits per heavy atom. The van der Waals surface area contributed by atoms with E-state index in [1.54, 1.807) is 27.0 Å². The lowest BCUT2D eigenvalue weighted by molar-refractivity contribution is 0.0598. The van der Waals surface area contributed by atoms with Gasteiger partial charge in [0.1, 0.15) is 29.4 Å². The highest BCUT2D eigenvalue weighted by atomic mass is 32.2. The Bertz CT molecular complexity index is 902. The highest BCUT2D eigenvalue weighted by Crippen LogP contribution is 2.22. The number of esters is 1. The maximum Gasteiger partial charge on any atom is 0.341 e. The van der Waals surface area contributed by atoms with Gasteiger partial charge < -0.3 is 18.6 Å². The van der Waals surface area contributed by atoms with E-state index in [0.717, 1.165) is 0 Å². The number of carbonyl (C=O) groups is 1. The second-order valence-corrected chi connectivity index (χ2v) is 7.53. The Morgan fingerprint density at radius 1 is 1.15 bits per heavy atom. The van der Waals surface area contributed by atoms with Gasteiger partial charge in [0.2, 0.25) is 10.0 Å². The van der Waals surface area contributed by atoms with Crippen molar-refractivity contribution in [3.8, 4) is 5.75 Å². The highest BCUT2D eigenvalue weighted by Gasteiger charge is 2.19. The molecule has 8 nitrogen and oxygen atoms in total. The van der Waals surface area contributed by atoms with Crippen molar-refractivity contribution >= 4 is 16.0 Å². The maximum absolute atomic E-state index is 12.5. The number of ether oxygens (including phenoxy) is 3. The molecule has 1 aromatic carbocycles. The summed E-state index contributed by atoms with van der Waals surface area (Å²) in [5.41, 5.74) is 0.955. The summed E-state index contributed by atoms with van der Waals surface area (Å²) in [6.07, 6.45) is 0. The first-order valence-corrected chi connectivity index (χ1v) is 9.66. The molecule has 27 heavy (non-hydrogen) atoms. The van der Waals surface area contributed by atoms with E-state index in [4.69, 9.17) is 13.9 Å². The molecule has 0 saturated carbocycles. The molecule has 0 fully saturated rings. The van der Waals surface area contributed by atoms with Gasteiger partial charge in [-0.05, 0) is 43.7 Å². The van der Waals surface area contributed by atoms with E-state index >= 15 is 0 Å². The fraction of sp³-hybridized carbons (Fsp3) is 0.389. The highest BCUT2D eigenvalue weighted by molar-refractivity contribution is 7.89. The van der Waals surface area contributed by atoms with Crippen LogP contribution in [-0.2, 0) is 26.0 Å². The molecule has 0 spiro atoms. The minimum Gasteiger partial charge on any atom is -0.491 e. The van der Waals surface area contributed by atoms with Crippen LogP contribution in [0.5, 0.6) is 5.75 Å². The number of carbonyl (C=O) groups excluding carboxylic acids is 1. The summed E-state index contributed by atoms with van der Waals surface area (Å²) in [6.45, 7) is 4.10. The molecule has 2 aromatic rings. The number of methoxy groups -OCH3 is 2. The Morgan fingerprint density at radius 2 is 1.89 bits per heavy atom. The molecule has 1 aromatic heterocycles. The second-order valence-electron chi connectivity index (χ2n) is 5.77. The lowest BCUT2D eigenvalue weighted by atomic mass is 10.2. The Balaban J connectivity index is 2.08. The summed E-state index contributed by atoms with van der Waals surface area (Å²) in [4.78, 5) is 11.7. The first-order chi connectivity index (χ1) is 12.8. The zero-order valence-corrected chi connectivity index (χ0v) is 16.5. The van der Waals surface area contributed by atoms with Crippen molar-refractivity contribution in [2.45, 2.75) is 25.3 Å². The third kappa shape index (κ3) is 5.31. The largest absolute Gasteiger partial charge is 0.491 e. The lowest BCUT2D eigenvalue weighted by Crippen LogP contribution is -2.23. The minimum atomic E-state index is -3.76. The predicted octanol–water partition coefficient (Wildman–Crippen LogP) is 2.19. The normalized spacial score (nSPS) is 11.4. The van der Waals surface area contributed by atoms with Crippen LogP contribution in [-0.4, -0.2) is 41.8 Å². The van der Waals surface area contributed by atoms with Crippen LogP contribution in [0.4, 0.5) is 0 Å². The van der Waals surface area contributed by atoms with Gasteiger partial charge in [-0.1, -0.05) is 0 Å². The molecular formula is C18H23NO7S. The number of furan rings is 1. The molecule has 0 unspecified atom stereocenters. The first-order valence-electron chi connectivity index (χ1n) is 8.18. The maximum atomic E-state index is 12.5. The van der Waals surface area contributed by atoms with E-state index < -0.39 is 16.0 Å². The lowest BCUT2D eigenvalue weighted by Gasteiger charge is -2.11. The van der Waals surface area contributed by atoms with Crippen LogP contribution in [0.25, 0.3) is 0 Å². The minimum absolute atomic E-state index is 0.0920. The van der Waals surface area contributed by atoms with Gasteiger partial charge in [0, 0.05) is 7.11 Å². The SMILES string of the molecule is COCCOc1ccc(S(=O)(=O)NCc2cc(C(=O)OC)c(C)o2)cc1C. The number of sulfonamides is 1. The molecule has 2 rings (SSSR count). The van der Waals surface area contributed by atoms with Crippen molar-refractivity contribution < 1.29 is 31.8 Å². The van der Waals surface area contributed by atoms with Gasteiger partial charge in [-0.2, -0.15) is 0 Å². The first kappa shape index (κ1) is 20.9. The molecule has 0 amide bonds. The quantitative estimate of drug-likeness (QED) is 0.511. The second kappa shape index (κ2) is 9.03. The topological polar surface area (TPSA) is 104 Å². The van der Waals surface area contributed by atoms with Crippen molar-refractivity contribution in [2.75, 3.05) is 27.4 Å². The van der Waals surface area contributed by atoms with Crippen molar-refractivity contribution in [3.63, 3.8) is 0 Å². The third-order valence-corrected chi connectivity index (χ3v) is 5.21. The molecule has 1 N–H and O–H groups in total. The van der Waals surface area contributed by atoms with Gasteiger partial charge in [0.05, 0.1) is 25.2 Å². The number of benzene rings is 1. The van der Waals surface area contributed by atoms with E-state index in [-0.39, 0.29) is 17.0 Å². The molecule has 9 heteroatoms. The van der Waals surface area contributed by atoms with E-state index in [2.05, 4.69) is 9.46 Å². The van der Waals surface area contributed by atoms with Gasteiger partial charge in [-0.25, -0.2) is 17.9 Å².